The van der Waals surface area contributed by atoms with Crippen LogP contribution in [-0.4, -0.2) is 12.4 Å². The Balaban J connectivity index is 1.83. The number of ether oxygens (including phenoxy) is 1. The minimum atomic E-state index is 0.328. The van der Waals surface area contributed by atoms with Gasteiger partial charge in [-0.1, -0.05) is 56.0 Å². The first-order chi connectivity index (χ1) is 8.85. The van der Waals surface area contributed by atoms with Crippen molar-refractivity contribution >= 4 is 12.6 Å². The first kappa shape index (κ1) is 14.0. The first-order valence-corrected chi connectivity index (χ1v) is 7.70. The highest BCUT2D eigenvalue weighted by atomic mass is 32.1. The summed E-state index contributed by atoms with van der Waals surface area (Å²) in [6.07, 6.45) is 8.02. The van der Waals surface area contributed by atoms with Gasteiger partial charge in [-0.25, -0.2) is 0 Å². The van der Waals surface area contributed by atoms with Crippen molar-refractivity contribution in [2.24, 2.45) is 5.41 Å². The summed E-state index contributed by atoms with van der Waals surface area (Å²) in [5, 5.41) is 0. The van der Waals surface area contributed by atoms with E-state index in [1.165, 1.54) is 44.1 Å². The average molecular weight is 264 g/mol. The van der Waals surface area contributed by atoms with Crippen LogP contribution in [0.1, 0.15) is 44.1 Å². The van der Waals surface area contributed by atoms with Crippen LogP contribution < -0.4 is 0 Å². The van der Waals surface area contributed by atoms with Gasteiger partial charge < -0.3 is 4.74 Å². The Hall–Kier alpha value is -0.470. The van der Waals surface area contributed by atoms with Gasteiger partial charge in [-0.2, -0.15) is 12.6 Å². The fourth-order valence-electron chi connectivity index (χ4n) is 2.79. The molecule has 0 amide bonds. The van der Waals surface area contributed by atoms with Crippen LogP contribution >= 0.6 is 12.6 Å². The van der Waals surface area contributed by atoms with Crippen LogP contribution in [0.15, 0.2) is 30.3 Å². The SMILES string of the molecule is SCC1(COCc2ccccc2)CCCCCC1. The smallest absolute Gasteiger partial charge is 0.0717 e. The molecule has 0 saturated heterocycles. The van der Waals surface area contributed by atoms with E-state index in [0.717, 1.165) is 19.0 Å². The highest BCUT2D eigenvalue weighted by Gasteiger charge is 2.29. The molecule has 0 heterocycles. The number of thiol groups is 1. The lowest BCUT2D eigenvalue weighted by Crippen LogP contribution is -2.28. The Bertz CT molecular complexity index is 328. The van der Waals surface area contributed by atoms with Crippen molar-refractivity contribution in [2.75, 3.05) is 12.4 Å². The predicted octanol–water partition coefficient (Wildman–Crippen LogP) is 4.47. The van der Waals surface area contributed by atoms with Crippen molar-refractivity contribution in [1.29, 1.82) is 0 Å². The number of hydrogen-bond donors (Lipinski definition) is 1. The summed E-state index contributed by atoms with van der Waals surface area (Å²) in [4.78, 5) is 0. The van der Waals surface area contributed by atoms with Gasteiger partial charge in [0.25, 0.3) is 0 Å². The molecule has 1 saturated carbocycles. The zero-order valence-corrected chi connectivity index (χ0v) is 12.0. The number of rotatable bonds is 5. The summed E-state index contributed by atoms with van der Waals surface area (Å²) < 4.78 is 5.96. The van der Waals surface area contributed by atoms with E-state index in [1.807, 2.05) is 6.07 Å². The molecule has 0 spiro atoms. The second-order valence-electron chi connectivity index (χ2n) is 5.55. The second-order valence-corrected chi connectivity index (χ2v) is 5.87. The van der Waals surface area contributed by atoms with E-state index < -0.39 is 0 Å². The summed E-state index contributed by atoms with van der Waals surface area (Å²) in [6, 6.07) is 10.4. The molecule has 0 unspecified atom stereocenters. The molecule has 1 aromatic rings. The van der Waals surface area contributed by atoms with Gasteiger partial charge in [0, 0.05) is 5.41 Å². The molecule has 2 rings (SSSR count). The van der Waals surface area contributed by atoms with Gasteiger partial charge in [0.15, 0.2) is 0 Å². The normalized spacial score (nSPS) is 19.4. The van der Waals surface area contributed by atoms with Crippen LogP contribution in [0, 0.1) is 5.41 Å². The van der Waals surface area contributed by atoms with E-state index in [-0.39, 0.29) is 0 Å². The van der Waals surface area contributed by atoms with Crippen molar-refractivity contribution in [3.63, 3.8) is 0 Å². The van der Waals surface area contributed by atoms with Crippen LogP contribution in [0.25, 0.3) is 0 Å². The largest absolute Gasteiger partial charge is 0.376 e. The van der Waals surface area contributed by atoms with Crippen LogP contribution in [0.4, 0.5) is 0 Å². The third-order valence-corrected chi connectivity index (χ3v) is 4.69. The molecule has 1 nitrogen and oxygen atoms in total. The third kappa shape index (κ3) is 4.03. The van der Waals surface area contributed by atoms with Crippen molar-refractivity contribution < 1.29 is 4.74 Å². The van der Waals surface area contributed by atoms with Gasteiger partial charge in [-0.15, -0.1) is 0 Å². The Morgan fingerprint density at radius 1 is 1.00 bits per heavy atom. The summed E-state index contributed by atoms with van der Waals surface area (Å²) in [5.74, 6) is 0.960. The quantitative estimate of drug-likeness (QED) is 0.609. The molecule has 0 bridgehead atoms. The lowest BCUT2D eigenvalue weighted by Gasteiger charge is -2.30. The van der Waals surface area contributed by atoms with Crippen LogP contribution in [0.5, 0.6) is 0 Å². The zero-order valence-electron chi connectivity index (χ0n) is 11.1. The molecule has 1 aromatic carbocycles. The van der Waals surface area contributed by atoms with Crippen LogP contribution in [0.3, 0.4) is 0 Å². The topological polar surface area (TPSA) is 9.23 Å². The minimum Gasteiger partial charge on any atom is -0.376 e. The Labute approximate surface area is 116 Å². The summed E-state index contributed by atoms with van der Waals surface area (Å²) >= 11 is 4.58. The molecule has 0 aromatic heterocycles. The van der Waals surface area contributed by atoms with Gasteiger partial charge in [0.05, 0.1) is 13.2 Å². The maximum absolute atomic E-state index is 5.96. The van der Waals surface area contributed by atoms with Gasteiger partial charge in [0.1, 0.15) is 0 Å². The van der Waals surface area contributed by atoms with Gasteiger partial charge in [-0.3, -0.25) is 0 Å². The molecule has 0 N–H and O–H groups in total. The summed E-state index contributed by atoms with van der Waals surface area (Å²) in [5.41, 5.74) is 1.59. The first-order valence-electron chi connectivity index (χ1n) is 7.07. The summed E-state index contributed by atoms with van der Waals surface area (Å²) in [7, 11) is 0. The minimum absolute atomic E-state index is 0.328. The standard InChI is InChI=1S/C16H24OS/c18-14-16(10-6-1-2-7-11-16)13-17-12-15-8-4-3-5-9-15/h3-5,8-9,18H,1-2,6-7,10-14H2. The maximum Gasteiger partial charge on any atom is 0.0717 e. The molecule has 0 radical (unpaired) electrons. The van der Waals surface area contributed by atoms with Crippen molar-refractivity contribution in [3.05, 3.63) is 35.9 Å². The molecule has 0 aliphatic heterocycles. The molecular formula is C16H24OS. The van der Waals surface area contributed by atoms with E-state index in [2.05, 4.69) is 36.9 Å². The van der Waals surface area contributed by atoms with Crippen LogP contribution in [-0.2, 0) is 11.3 Å². The van der Waals surface area contributed by atoms with E-state index in [1.54, 1.807) is 0 Å². The van der Waals surface area contributed by atoms with Gasteiger partial charge in [0.2, 0.25) is 0 Å². The van der Waals surface area contributed by atoms with Crippen molar-refractivity contribution in [3.8, 4) is 0 Å². The Kier molecular flexibility index (Phi) is 5.58. The van der Waals surface area contributed by atoms with Gasteiger partial charge >= 0.3 is 0 Å². The molecule has 1 aliphatic rings. The lowest BCUT2D eigenvalue weighted by molar-refractivity contribution is 0.0370. The van der Waals surface area contributed by atoms with E-state index in [0.29, 0.717) is 5.41 Å². The average Bonchev–Trinajstić information content (AvgIpc) is 2.66. The highest BCUT2D eigenvalue weighted by Crippen LogP contribution is 2.36. The molecular weight excluding hydrogens is 240 g/mol. The van der Waals surface area contributed by atoms with E-state index in [9.17, 15) is 0 Å². The fraction of sp³-hybridized carbons (Fsp3) is 0.625. The molecule has 18 heavy (non-hydrogen) atoms. The molecule has 100 valence electrons. The molecule has 1 aliphatic carbocycles. The zero-order chi connectivity index (χ0) is 12.7. The third-order valence-electron chi connectivity index (χ3n) is 4.02. The second kappa shape index (κ2) is 7.20. The Morgan fingerprint density at radius 2 is 1.67 bits per heavy atom. The molecule has 0 atom stereocenters. The van der Waals surface area contributed by atoms with E-state index in [4.69, 9.17) is 4.74 Å². The van der Waals surface area contributed by atoms with Gasteiger partial charge in [-0.05, 0) is 24.2 Å². The Morgan fingerprint density at radius 3 is 2.28 bits per heavy atom. The highest BCUT2D eigenvalue weighted by molar-refractivity contribution is 7.80. The van der Waals surface area contributed by atoms with Crippen molar-refractivity contribution in [1.82, 2.24) is 0 Å². The monoisotopic (exact) mass is 264 g/mol. The number of hydrogen-bond acceptors (Lipinski definition) is 2. The fourth-order valence-corrected chi connectivity index (χ4v) is 3.19. The molecule has 2 heteroatoms. The number of benzene rings is 1. The molecule has 1 fully saturated rings. The summed E-state index contributed by atoms with van der Waals surface area (Å²) in [6.45, 7) is 1.60. The van der Waals surface area contributed by atoms with E-state index >= 15 is 0 Å². The van der Waals surface area contributed by atoms with Crippen molar-refractivity contribution in [2.45, 2.75) is 45.1 Å². The predicted molar refractivity (Wildman–Crippen MR) is 80.1 cm³/mol. The van der Waals surface area contributed by atoms with Crippen LogP contribution in [0.2, 0.25) is 0 Å². The maximum atomic E-state index is 5.96. The lowest BCUT2D eigenvalue weighted by atomic mass is 9.83.